The number of thioether (sulfide) groups is 1. The summed E-state index contributed by atoms with van der Waals surface area (Å²) >= 11 is 7.68. The van der Waals surface area contributed by atoms with E-state index in [9.17, 15) is 14.7 Å². The molecule has 3 rings (SSSR count). The molecule has 5 nitrogen and oxygen atoms in total. The van der Waals surface area contributed by atoms with Crippen LogP contribution in [0, 0.1) is 0 Å². The standard InChI is InChI=1S/C22H24ClNO4S/c1-28-20-13-15(12-16(14-25)21(20)26)22(27)24-10-3-2-4-18(24)9-11-29-19-7-5-17(23)6-8-19/h5-8,12-14,18,26H,2-4,9-11H2,1H3. The Kier molecular flexibility index (Phi) is 7.45. The summed E-state index contributed by atoms with van der Waals surface area (Å²) in [5, 5.41) is 10.7. The molecular formula is C22H24ClNO4S. The molecule has 1 fully saturated rings. The zero-order valence-corrected chi connectivity index (χ0v) is 17.8. The van der Waals surface area contributed by atoms with Crippen LogP contribution in [0.1, 0.15) is 46.4 Å². The molecule has 0 bridgehead atoms. The van der Waals surface area contributed by atoms with Gasteiger partial charge in [-0.05, 0) is 67.8 Å². The van der Waals surface area contributed by atoms with E-state index < -0.39 is 0 Å². The molecule has 1 aliphatic heterocycles. The van der Waals surface area contributed by atoms with Crippen molar-refractivity contribution in [2.24, 2.45) is 0 Å². The van der Waals surface area contributed by atoms with Gasteiger partial charge < -0.3 is 14.7 Å². The summed E-state index contributed by atoms with van der Waals surface area (Å²) in [5.74, 6) is 0.653. The molecule has 0 saturated carbocycles. The maximum absolute atomic E-state index is 13.2. The molecule has 29 heavy (non-hydrogen) atoms. The van der Waals surface area contributed by atoms with E-state index in [0.29, 0.717) is 18.4 Å². The molecule has 1 heterocycles. The lowest BCUT2D eigenvalue weighted by molar-refractivity contribution is 0.0609. The van der Waals surface area contributed by atoms with Crippen LogP contribution in [0.2, 0.25) is 5.02 Å². The normalized spacial score (nSPS) is 16.5. The molecule has 154 valence electrons. The largest absolute Gasteiger partial charge is 0.504 e. The Labute approximate surface area is 180 Å². The second-order valence-corrected chi connectivity index (χ2v) is 8.58. The average molecular weight is 434 g/mol. The van der Waals surface area contributed by atoms with Crippen LogP contribution in [0.15, 0.2) is 41.3 Å². The summed E-state index contributed by atoms with van der Waals surface area (Å²) in [6.07, 6.45) is 4.43. The second-order valence-electron chi connectivity index (χ2n) is 6.97. The van der Waals surface area contributed by atoms with Crippen LogP contribution in [0.5, 0.6) is 11.5 Å². The number of amides is 1. The molecule has 1 amide bonds. The van der Waals surface area contributed by atoms with Crippen molar-refractivity contribution in [3.05, 3.63) is 52.5 Å². The molecule has 0 aliphatic carbocycles. The number of phenols is 1. The maximum Gasteiger partial charge on any atom is 0.254 e. The minimum atomic E-state index is -0.242. The number of ether oxygens (including phenoxy) is 1. The van der Waals surface area contributed by atoms with E-state index in [4.69, 9.17) is 16.3 Å². The van der Waals surface area contributed by atoms with Crippen LogP contribution >= 0.6 is 23.4 Å². The molecule has 1 unspecified atom stereocenters. The van der Waals surface area contributed by atoms with Gasteiger partial charge in [0.1, 0.15) is 0 Å². The van der Waals surface area contributed by atoms with Crippen molar-refractivity contribution in [3.63, 3.8) is 0 Å². The van der Waals surface area contributed by atoms with E-state index in [1.165, 1.54) is 19.2 Å². The van der Waals surface area contributed by atoms with Gasteiger partial charge >= 0.3 is 0 Å². The van der Waals surface area contributed by atoms with Crippen molar-refractivity contribution >= 4 is 35.6 Å². The molecule has 1 atom stereocenters. The molecule has 0 radical (unpaired) electrons. The van der Waals surface area contributed by atoms with Gasteiger partial charge in [-0.1, -0.05) is 11.6 Å². The first-order valence-electron chi connectivity index (χ1n) is 9.59. The SMILES string of the molecule is COc1cc(C(=O)N2CCCCC2CCSc2ccc(Cl)cc2)cc(C=O)c1O. The number of aromatic hydroxyl groups is 1. The summed E-state index contributed by atoms with van der Waals surface area (Å²) in [5.41, 5.74) is 0.415. The number of rotatable bonds is 7. The summed E-state index contributed by atoms with van der Waals surface area (Å²) in [6.45, 7) is 0.689. The first-order valence-corrected chi connectivity index (χ1v) is 11.0. The molecule has 7 heteroatoms. The smallest absolute Gasteiger partial charge is 0.254 e. The van der Waals surface area contributed by atoms with Gasteiger partial charge in [-0.2, -0.15) is 0 Å². The van der Waals surface area contributed by atoms with E-state index >= 15 is 0 Å². The maximum atomic E-state index is 13.2. The van der Waals surface area contributed by atoms with Crippen LogP contribution in [0.25, 0.3) is 0 Å². The molecule has 0 aromatic heterocycles. The number of hydrogen-bond donors (Lipinski definition) is 1. The Morgan fingerprint density at radius 2 is 2.07 bits per heavy atom. The number of carbonyl (C=O) groups is 2. The van der Waals surface area contributed by atoms with E-state index in [-0.39, 0.29) is 29.0 Å². The molecule has 1 N–H and O–H groups in total. The minimum Gasteiger partial charge on any atom is -0.504 e. The number of aldehydes is 1. The second kappa shape index (κ2) is 10.0. The lowest BCUT2D eigenvalue weighted by Gasteiger charge is -2.36. The van der Waals surface area contributed by atoms with Gasteiger partial charge in [0.2, 0.25) is 0 Å². The van der Waals surface area contributed by atoms with Gasteiger partial charge in [0.15, 0.2) is 17.8 Å². The van der Waals surface area contributed by atoms with Gasteiger partial charge in [-0.15, -0.1) is 11.8 Å². The van der Waals surface area contributed by atoms with Gasteiger partial charge in [0, 0.05) is 28.1 Å². The summed E-state index contributed by atoms with van der Waals surface area (Å²) in [4.78, 5) is 27.5. The third-order valence-corrected chi connectivity index (χ3v) is 6.42. The number of nitrogens with zero attached hydrogens (tertiary/aromatic N) is 1. The molecule has 1 saturated heterocycles. The number of likely N-dealkylation sites (tertiary alicyclic amines) is 1. The van der Waals surface area contributed by atoms with E-state index in [2.05, 4.69) is 0 Å². The van der Waals surface area contributed by atoms with Gasteiger partial charge in [0.05, 0.1) is 12.7 Å². The average Bonchev–Trinajstić information content (AvgIpc) is 2.75. The lowest BCUT2D eigenvalue weighted by Crippen LogP contribution is -2.44. The first kappa shape index (κ1) is 21.5. The van der Waals surface area contributed by atoms with E-state index in [1.807, 2.05) is 29.2 Å². The van der Waals surface area contributed by atoms with Gasteiger partial charge in [0.25, 0.3) is 5.91 Å². The van der Waals surface area contributed by atoms with Gasteiger partial charge in [-0.3, -0.25) is 9.59 Å². The van der Waals surface area contributed by atoms with Crippen LogP contribution in [0.4, 0.5) is 0 Å². The highest BCUT2D eigenvalue weighted by atomic mass is 35.5. The van der Waals surface area contributed by atoms with Crippen molar-refractivity contribution in [1.82, 2.24) is 4.90 Å². The number of methoxy groups -OCH3 is 1. The Morgan fingerprint density at radius 1 is 1.31 bits per heavy atom. The predicted octanol–water partition coefficient (Wildman–Crippen LogP) is 5.04. The summed E-state index contributed by atoms with van der Waals surface area (Å²) < 4.78 is 5.12. The summed E-state index contributed by atoms with van der Waals surface area (Å²) in [6, 6.07) is 10.8. The Balaban J connectivity index is 1.71. The Bertz CT molecular complexity index is 872. The van der Waals surface area contributed by atoms with Gasteiger partial charge in [-0.25, -0.2) is 0 Å². The fraction of sp³-hybridized carbons (Fsp3) is 0.364. The third kappa shape index (κ3) is 5.25. The highest BCUT2D eigenvalue weighted by Gasteiger charge is 2.28. The number of carbonyl (C=O) groups excluding carboxylic acids is 2. The number of benzene rings is 2. The predicted molar refractivity (Wildman–Crippen MR) is 116 cm³/mol. The number of piperidine rings is 1. The van der Waals surface area contributed by atoms with Crippen LogP contribution in [-0.2, 0) is 0 Å². The minimum absolute atomic E-state index is 0.0551. The molecule has 1 aliphatic rings. The van der Waals surface area contributed by atoms with Crippen molar-refractivity contribution in [2.45, 2.75) is 36.6 Å². The Morgan fingerprint density at radius 3 is 2.76 bits per heavy atom. The molecular weight excluding hydrogens is 410 g/mol. The Hall–Kier alpha value is -2.18. The molecule has 0 spiro atoms. The summed E-state index contributed by atoms with van der Waals surface area (Å²) in [7, 11) is 1.40. The van der Waals surface area contributed by atoms with Crippen molar-refractivity contribution < 1.29 is 19.4 Å². The van der Waals surface area contributed by atoms with Crippen molar-refractivity contribution in [1.29, 1.82) is 0 Å². The first-order chi connectivity index (χ1) is 14.0. The van der Waals surface area contributed by atoms with Crippen LogP contribution in [0.3, 0.4) is 0 Å². The highest BCUT2D eigenvalue weighted by Crippen LogP contribution is 2.32. The van der Waals surface area contributed by atoms with E-state index in [1.54, 1.807) is 11.8 Å². The fourth-order valence-electron chi connectivity index (χ4n) is 3.58. The quantitative estimate of drug-likeness (QED) is 0.489. The molecule has 2 aromatic carbocycles. The zero-order valence-electron chi connectivity index (χ0n) is 16.3. The molecule has 2 aromatic rings. The lowest BCUT2D eigenvalue weighted by atomic mass is 9.98. The number of halogens is 1. The highest BCUT2D eigenvalue weighted by molar-refractivity contribution is 7.99. The number of hydrogen-bond acceptors (Lipinski definition) is 5. The van der Waals surface area contributed by atoms with Crippen molar-refractivity contribution in [3.8, 4) is 11.5 Å². The monoisotopic (exact) mass is 433 g/mol. The van der Waals surface area contributed by atoms with Crippen molar-refractivity contribution in [2.75, 3.05) is 19.4 Å². The fourth-order valence-corrected chi connectivity index (χ4v) is 4.66. The number of phenolic OH excluding ortho intramolecular Hbond substituents is 1. The van der Waals surface area contributed by atoms with E-state index in [0.717, 1.165) is 41.4 Å². The zero-order chi connectivity index (χ0) is 20.8. The van der Waals surface area contributed by atoms with Crippen LogP contribution in [-0.4, -0.2) is 47.6 Å². The topological polar surface area (TPSA) is 66.8 Å². The van der Waals surface area contributed by atoms with Crippen LogP contribution < -0.4 is 4.74 Å². The third-order valence-electron chi connectivity index (χ3n) is 5.12.